The fourth-order valence-corrected chi connectivity index (χ4v) is 8.59. The van der Waals surface area contributed by atoms with Gasteiger partial charge in [0.2, 0.25) is 0 Å². The van der Waals surface area contributed by atoms with Gasteiger partial charge in [-0.3, -0.25) is 9.59 Å². The van der Waals surface area contributed by atoms with Gasteiger partial charge in [-0.25, -0.2) is 0 Å². The third-order valence-corrected chi connectivity index (χ3v) is 10.2. The highest BCUT2D eigenvalue weighted by molar-refractivity contribution is 5.69. The Morgan fingerprint density at radius 2 is 1.90 bits per heavy atom. The van der Waals surface area contributed by atoms with E-state index in [0.717, 1.165) is 49.4 Å². The molecule has 31 heavy (non-hydrogen) atoms. The predicted molar refractivity (Wildman–Crippen MR) is 121 cm³/mol. The second kappa shape index (κ2) is 8.56. The van der Waals surface area contributed by atoms with Crippen molar-refractivity contribution >= 4 is 11.9 Å². The van der Waals surface area contributed by atoms with Crippen molar-refractivity contribution in [2.24, 2.45) is 40.4 Å². The molecule has 4 heteroatoms. The number of hydrogen-bond acceptors (Lipinski definition) is 4. The Morgan fingerprint density at radius 1 is 1.13 bits per heavy atom. The van der Waals surface area contributed by atoms with Gasteiger partial charge in [-0.15, -0.1) is 0 Å². The molecule has 0 heterocycles. The number of carbonyl (C=O) groups is 2. The summed E-state index contributed by atoms with van der Waals surface area (Å²) >= 11 is 0. The molecule has 4 aliphatic rings. The van der Waals surface area contributed by atoms with Crippen molar-refractivity contribution in [2.75, 3.05) is 7.11 Å². The second-order valence-corrected chi connectivity index (χ2v) is 11.6. The van der Waals surface area contributed by atoms with Gasteiger partial charge in [-0.2, -0.15) is 0 Å². The fourth-order valence-electron chi connectivity index (χ4n) is 8.59. The van der Waals surface area contributed by atoms with Gasteiger partial charge >= 0.3 is 11.9 Å². The molecule has 174 valence electrons. The molecule has 3 fully saturated rings. The van der Waals surface area contributed by atoms with E-state index in [1.54, 1.807) is 5.57 Å². The normalized spacial score (nSPS) is 42.5. The predicted octanol–water partition coefficient (Wildman–Crippen LogP) is 6.09. The van der Waals surface area contributed by atoms with Crippen LogP contribution in [0.25, 0.3) is 0 Å². The van der Waals surface area contributed by atoms with Crippen LogP contribution in [-0.2, 0) is 19.1 Å². The highest BCUT2D eigenvalue weighted by atomic mass is 16.5. The first kappa shape index (κ1) is 22.9. The highest BCUT2D eigenvalue weighted by Crippen LogP contribution is 2.67. The molecule has 0 aromatic heterocycles. The molecule has 0 aromatic rings. The van der Waals surface area contributed by atoms with E-state index in [2.05, 4.69) is 26.8 Å². The number of allylic oxidation sites excluding steroid dienone is 1. The van der Waals surface area contributed by atoms with Gasteiger partial charge in [0.1, 0.15) is 6.10 Å². The summed E-state index contributed by atoms with van der Waals surface area (Å²) < 4.78 is 10.5. The Balaban J connectivity index is 1.48. The molecular formula is C27H42O4. The number of rotatable bonds is 5. The quantitative estimate of drug-likeness (QED) is 0.391. The van der Waals surface area contributed by atoms with Crippen molar-refractivity contribution in [3.63, 3.8) is 0 Å². The molecule has 4 nitrogen and oxygen atoms in total. The molecule has 0 radical (unpaired) electrons. The summed E-state index contributed by atoms with van der Waals surface area (Å²) in [5, 5.41) is 0. The molecule has 0 saturated heterocycles. The first-order chi connectivity index (χ1) is 14.7. The molecule has 8 atom stereocenters. The summed E-state index contributed by atoms with van der Waals surface area (Å²) in [7, 11) is 1.49. The van der Waals surface area contributed by atoms with Crippen molar-refractivity contribution in [2.45, 2.75) is 98.0 Å². The first-order valence-electron chi connectivity index (χ1n) is 12.6. The van der Waals surface area contributed by atoms with Gasteiger partial charge in [0.25, 0.3) is 0 Å². The maximum atomic E-state index is 11.7. The largest absolute Gasteiger partial charge is 0.469 e. The lowest BCUT2D eigenvalue weighted by molar-refractivity contribution is -0.148. The van der Waals surface area contributed by atoms with Crippen LogP contribution in [0.15, 0.2) is 11.6 Å². The number of carbonyl (C=O) groups excluding carboxylic acids is 2. The minimum Gasteiger partial charge on any atom is -0.469 e. The van der Waals surface area contributed by atoms with Crippen molar-refractivity contribution < 1.29 is 19.1 Å². The molecule has 0 aliphatic heterocycles. The van der Waals surface area contributed by atoms with Crippen molar-refractivity contribution in [3.8, 4) is 0 Å². The highest BCUT2D eigenvalue weighted by Gasteiger charge is 2.59. The Bertz CT molecular complexity index is 742. The van der Waals surface area contributed by atoms with Crippen LogP contribution in [0.3, 0.4) is 0 Å². The van der Waals surface area contributed by atoms with Crippen LogP contribution in [0.1, 0.15) is 91.9 Å². The summed E-state index contributed by atoms with van der Waals surface area (Å²) in [4.78, 5) is 23.1. The van der Waals surface area contributed by atoms with E-state index in [1.165, 1.54) is 46.1 Å². The van der Waals surface area contributed by atoms with Gasteiger partial charge in [0, 0.05) is 19.8 Å². The number of hydrogen-bond donors (Lipinski definition) is 0. The molecular weight excluding hydrogens is 388 g/mol. The summed E-state index contributed by atoms with van der Waals surface area (Å²) in [5.41, 5.74) is 2.26. The Labute approximate surface area is 188 Å². The second-order valence-electron chi connectivity index (χ2n) is 11.6. The van der Waals surface area contributed by atoms with E-state index < -0.39 is 0 Å². The van der Waals surface area contributed by atoms with Gasteiger partial charge in [0.05, 0.1) is 7.11 Å². The number of esters is 2. The van der Waals surface area contributed by atoms with E-state index in [9.17, 15) is 9.59 Å². The smallest absolute Gasteiger partial charge is 0.305 e. The molecule has 4 aliphatic carbocycles. The fraction of sp³-hybridized carbons (Fsp3) is 0.852. The molecule has 0 spiro atoms. The Hall–Kier alpha value is -1.32. The number of ether oxygens (including phenoxy) is 2. The summed E-state index contributed by atoms with van der Waals surface area (Å²) in [6.07, 6.45) is 13.7. The summed E-state index contributed by atoms with van der Waals surface area (Å²) in [6.45, 7) is 8.97. The number of fused-ring (bicyclic) bond motifs is 5. The zero-order chi connectivity index (χ0) is 22.4. The van der Waals surface area contributed by atoms with E-state index >= 15 is 0 Å². The zero-order valence-electron chi connectivity index (χ0n) is 20.2. The summed E-state index contributed by atoms with van der Waals surface area (Å²) in [6, 6.07) is 0. The SMILES string of the molecule is COC(=O)CC[C@H](C)[C@@H]1CC[C@@H]2[C@H]3CC=C4C[C@@H](OC(C)=O)CC[C@]4(C)[C@@H]3CC[C@]21C. The molecule has 4 rings (SSSR count). The van der Waals surface area contributed by atoms with Crippen LogP contribution in [0.4, 0.5) is 0 Å². The van der Waals surface area contributed by atoms with Crippen LogP contribution in [0.2, 0.25) is 0 Å². The van der Waals surface area contributed by atoms with Crippen LogP contribution in [0, 0.1) is 40.4 Å². The average Bonchev–Trinajstić information content (AvgIpc) is 3.09. The average molecular weight is 431 g/mol. The third kappa shape index (κ3) is 3.97. The molecule has 0 unspecified atom stereocenters. The monoisotopic (exact) mass is 430 g/mol. The molecule has 3 saturated carbocycles. The molecule has 0 bridgehead atoms. The van der Waals surface area contributed by atoms with Gasteiger partial charge in [-0.05, 0) is 91.8 Å². The van der Waals surface area contributed by atoms with E-state index in [4.69, 9.17) is 9.47 Å². The van der Waals surface area contributed by atoms with E-state index in [1.807, 2.05) is 0 Å². The Kier molecular flexibility index (Phi) is 6.31. The lowest BCUT2D eigenvalue weighted by Crippen LogP contribution is -2.51. The van der Waals surface area contributed by atoms with Crippen molar-refractivity contribution in [1.82, 2.24) is 0 Å². The number of methoxy groups -OCH3 is 1. The van der Waals surface area contributed by atoms with Crippen molar-refractivity contribution in [1.29, 1.82) is 0 Å². The standard InChI is InChI=1S/C27H42O4/c1-17(6-11-25(29)30-5)22-9-10-23-21-8-7-19-16-20(31-18(2)28)12-14-26(19,3)24(21)13-15-27(22,23)4/h7,17,20-24H,6,8-16H2,1-5H3/t17-,20-,21+,22-,23+,24+,26-,27-/m0/s1. The van der Waals surface area contributed by atoms with Crippen LogP contribution in [-0.4, -0.2) is 25.2 Å². The van der Waals surface area contributed by atoms with Crippen LogP contribution in [0.5, 0.6) is 0 Å². The van der Waals surface area contributed by atoms with E-state index in [-0.39, 0.29) is 23.5 Å². The molecule has 0 amide bonds. The van der Waals surface area contributed by atoms with Crippen molar-refractivity contribution in [3.05, 3.63) is 11.6 Å². The minimum atomic E-state index is -0.144. The third-order valence-electron chi connectivity index (χ3n) is 10.2. The first-order valence-corrected chi connectivity index (χ1v) is 12.6. The minimum absolute atomic E-state index is 0.0718. The lowest BCUT2D eigenvalue weighted by atomic mass is 9.47. The Morgan fingerprint density at radius 3 is 2.61 bits per heavy atom. The van der Waals surface area contributed by atoms with Gasteiger partial charge in [0.15, 0.2) is 0 Å². The maximum Gasteiger partial charge on any atom is 0.305 e. The zero-order valence-corrected chi connectivity index (χ0v) is 20.2. The van der Waals surface area contributed by atoms with Gasteiger partial charge < -0.3 is 9.47 Å². The topological polar surface area (TPSA) is 52.6 Å². The van der Waals surface area contributed by atoms with E-state index in [0.29, 0.717) is 17.8 Å². The maximum absolute atomic E-state index is 11.7. The molecule has 0 N–H and O–H groups in total. The van der Waals surface area contributed by atoms with Gasteiger partial charge in [-0.1, -0.05) is 32.4 Å². The lowest BCUT2D eigenvalue weighted by Gasteiger charge is -2.58. The molecule has 0 aromatic carbocycles. The van der Waals surface area contributed by atoms with Crippen LogP contribution >= 0.6 is 0 Å². The van der Waals surface area contributed by atoms with Crippen LogP contribution < -0.4 is 0 Å². The summed E-state index contributed by atoms with van der Waals surface area (Å²) in [5.74, 6) is 3.45.